The van der Waals surface area contributed by atoms with Gasteiger partial charge in [0.1, 0.15) is 12.4 Å². The first-order chi connectivity index (χ1) is 9.72. The van der Waals surface area contributed by atoms with Gasteiger partial charge in [-0.1, -0.05) is 0 Å². The first-order valence-electron chi connectivity index (χ1n) is 6.92. The van der Waals surface area contributed by atoms with E-state index in [-0.39, 0.29) is 18.3 Å². The molecule has 1 aromatic rings. The second-order valence-corrected chi connectivity index (χ2v) is 4.93. The quantitative estimate of drug-likeness (QED) is 0.810. The molecular weight excluding hydrogens is 292 g/mol. The summed E-state index contributed by atoms with van der Waals surface area (Å²) in [6.07, 6.45) is 1.01. The number of halogens is 1. The van der Waals surface area contributed by atoms with Gasteiger partial charge in [0.2, 0.25) is 0 Å². The van der Waals surface area contributed by atoms with Crippen LogP contribution in [0.5, 0.6) is 5.75 Å². The van der Waals surface area contributed by atoms with Crippen LogP contribution in [0.3, 0.4) is 0 Å². The van der Waals surface area contributed by atoms with Crippen molar-refractivity contribution in [3.63, 3.8) is 0 Å². The number of rotatable bonds is 6. The fourth-order valence-electron chi connectivity index (χ4n) is 2.28. The highest BCUT2D eigenvalue weighted by atomic mass is 35.5. The molecule has 1 atom stereocenters. The highest BCUT2D eigenvalue weighted by Gasteiger charge is 2.23. The van der Waals surface area contributed by atoms with E-state index in [0.717, 1.165) is 25.3 Å². The Morgan fingerprint density at radius 2 is 2.05 bits per heavy atom. The third kappa shape index (κ3) is 4.88. The highest BCUT2D eigenvalue weighted by molar-refractivity contribution is 5.94. The lowest BCUT2D eigenvalue weighted by atomic mass is 10.1. The lowest BCUT2D eigenvalue weighted by Crippen LogP contribution is -2.38. The molecule has 5 nitrogen and oxygen atoms in total. The third-order valence-electron chi connectivity index (χ3n) is 3.56. The van der Waals surface area contributed by atoms with Crippen molar-refractivity contribution in [2.45, 2.75) is 12.5 Å². The van der Waals surface area contributed by atoms with Crippen LogP contribution >= 0.6 is 12.4 Å². The lowest BCUT2D eigenvalue weighted by molar-refractivity contribution is 0.0743. The standard InChI is InChI=1S/C15H22N2O3.ClH/c1-17(13-7-8-16-11-13)15(18)12-3-5-14(6-4-12)20-10-9-19-2;/h3-6,13,16H,7-11H2,1-2H3;1H. The summed E-state index contributed by atoms with van der Waals surface area (Å²) in [7, 11) is 3.50. The van der Waals surface area contributed by atoms with E-state index in [1.807, 2.05) is 36.2 Å². The molecule has 0 spiro atoms. The summed E-state index contributed by atoms with van der Waals surface area (Å²) in [5.41, 5.74) is 0.693. The van der Waals surface area contributed by atoms with E-state index in [1.54, 1.807) is 7.11 Å². The molecule has 6 heteroatoms. The summed E-state index contributed by atoms with van der Waals surface area (Å²) < 4.78 is 10.4. The molecule has 1 N–H and O–H groups in total. The average Bonchev–Trinajstić information content (AvgIpc) is 3.01. The maximum atomic E-state index is 12.3. The Bertz CT molecular complexity index is 433. The zero-order valence-electron chi connectivity index (χ0n) is 12.5. The molecule has 0 bridgehead atoms. The van der Waals surface area contributed by atoms with E-state index in [0.29, 0.717) is 24.8 Å². The molecule has 0 aliphatic carbocycles. The van der Waals surface area contributed by atoms with Crippen molar-refractivity contribution in [1.82, 2.24) is 10.2 Å². The van der Waals surface area contributed by atoms with E-state index in [9.17, 15) is 4.79 Å². The number of methoxy groups -OCH3 is 1. The topological polar surface area (TPSA) is 50.8 Å². The molecule has 1 amide bonds. The number of hydrogen-bond acceptors (Lipinski definition) is 4. The Hall–Kier alpha value is -1.30. The minimum atomic E-state index is 0. The normalized spacial score (nSPS) is 17.1. The first kappa shape index (κ1) is 17.8. The molecule has 1 aromatic carbocycles. The molecule has 1 fully saturated rings. The Morgan fingerprint density at radius 3 is 2.62 bits per heavy atom. The van der Waals surface area contributed by atoms with Gasteiger partial charge in [-0.25, -0.2) is 0 Å². The van der Waals surface area contributed by atoms with Gasteiger partial charge in [-0.2, -0.15) is 0 Å². The van der Waals surface area contributed by atoms with Gasteiger partial charge in [0, 0.05) is 32.3 Å². The van der Waals surface area contributed by atoms with E-state index in [1.165, 1.54) is 0 Å². The zero-order chi connectivity index (χ0) is 14.4. The fraction of sp³-hybridized carbons (Fsp3) is 0.533. The zero-order valence-corrected chi connectivity index (χ0v) is 13.3. The minimum absolute atomic E-state index is 0. The van der Waals surface area contributed by atoms with Crippen LogP contribution in [0.2, 0.25) is 0 Å². The van der Waals surface area contributed by atoms with Crippen LogP contribution in [0.1, 0.15) is 16.8 Å². The van der Waals surface area contributed by atoms with Crippen molar-refractivity contribution in [3.8, 4) is 5.75 Å². The van der Waals surface area contributed by atoms with Gasteiger partial charge in [0.15, 0.2) is 0 Å². The number of hydrogen-bond donors (Lipinski definition) is 1. The highest BCUT2D eigenvalue weighted by Crippen LogP contribution is 2.15. The number of carbonyl (C=O) groups excluding carboxylic acids is 1. The van der Waals surface area contributed by atoms with Gasteiger partial charge in [0.05, 0.1) is 6.61 Å². The molecule has 1 saturated heterocycles. The molecule has 0 aromatic heterocycles. The minimum Gasteiger partial charge on any atom is -0.491 e. The van der Waals surface area contributed by atoms with Crippen LogP contribution in [0.4, 0.5) is 0 Å². The van der Waals surface area contributed by atoms with E-state index in [2.05, 4.69) is 5.32 Å². The Balaban J connectivity index is 0.00000220. The van der Waals surface area contributed by atoms with Crippen LogP contribution < -0.4 is 10.1 Å². The predicted octanol–water partition coefficient (Wildman–Crippen LogP) is 1.57. The van der Waals surface area contributed by atoms with Crippen LogP contribution in [-0.4, -0.2) is 57.3 Å². The average molecular weight is 315 g/mol. The van der Waals surface area contributed by atoms with Crippen molar-refractivity contribution in [3.05, 3.63) is 29.8 Å². The van der Waals surface area contributed by atoms with Gasteiger partial charge >= 0.3 is 0 Å². The van der Waals surface area contributed by atoms with Gasteiger partial charge < -0.3 is 19.7 Å². The third-order valence-corrected chi connectivity index (χ3v) is 3.56. The molecule has 2 rings (SSSR count). The smallest absolute Gasteiger partial charge is 0.253 e. The monoisotopic (exact) mass is 314 g/mol. The number of nitrogens with zero attached hydrogens (tertiary/aromatic N) is 1. The van der Waals surface area contributed by atoms with Crippen LogP contribution in [-0.2, 0) is 4.74 Å². The molecular formula is C15H23ClN2O3. The molecule has 118 valence electrons. The van der Waals surface area contributed by atoms with Crippen LogP contribution in [0.25, 0.3) is 0 Å². The summed E-state index contributed by atoms with van der Waals surface area (Å²) in [6.45, 7) is 2.92. The summed E-state index contributed by atoms with van der Waals surface area (Å²) in [5, 5.41) is 3.27. The first-order valence-corrected chi connectivity index (χ1v) is 6.92. The van der Waals surface area contributed by atoms with Crippen molar-refractivity contribution in [1.29, 1.82) is 0 Å². The molecule has 1 unspecified atom stereocenters. The molecule has 1 aliphatic rings. The van der Waals surface area contributed by atoms with E-state index < -0.39 is 0 Å². The van der Waals surface area contributed by atoms with Crippen molar-refractivity contribution in [2.24, 2.45) is 0 Å². The van der Waals surface area contributed by atoms with Gasteiger partial charge in [0.25, 0.3) is 5.91 Å². The molecule has 0 radical (unpaired) electrons. The SMILES string of the molecule is COCCOc1ccc(C(=O)N(C)C2CCNC2)cc1.Cl. The maximum absolute atomic E-state index is 12.3. The number of nitrogens with one attached hydrogen (secondary N) is 1. The van der Waals surface area contributed by atoms with Crippen molar-refractivity contribution in [2.75, 3.05) is 40.5 Å². The van der Waals surface area contributed by atoms with Gasteiger partial charge in [-0.3, -0.25) is 4.79 Å². The number of carbonyl (C=O) groups is 1. The second kappa shape index (κ2) is 8.87. The van der Waals surface area contributed by atoms with Crippen molar-refractivity contribution >= 4 is 18.3 Å². The van der Waals surface area contributed by atoms with Crippen LogP contribution in [0.15, 0.2) is 24.3 Å². The summed E-state index contributed by atoms with van der Waals surface area (Å²) in [6, 6.07) is 7.56. The second-order valence-electron chi connectivity index (χ2n) is 4.93. The number of likely N-dealkylation sites (N-methyl/N-ethyl adjacent to an activating group) is 1. The largest absolute Gasteiger partial charge is 0.491 e. The van der Waals surface area contributed by atoms with Gasteiger partial charge in [-0.15, -0.1) is 12.4 Å². The Morgan fingerprint density at radius 1 is 1.33 bits per heavy atom. The Labute approximate surface area is 132 Å². The van der Waals surface area contributed by atoms with Crippen molar-refractivity contribution < 1.29 is 14.3 Å². The lowest BCUT2D eigenvalue weighted by Gasteiger charge is -2.23. The maximum Gasteiger partial charge on any atom is 0.253 e. The van der Waals surface area contributed by atoms with E-state index in [4.69, 9.17) is 9.47 Å². The summed E-state index contributed by atoms with van der Waals surface area (Å²) in [4.78, 5) is 14.2. The fourth-order valence-corrected chi connectivity index (χ4v) is 2.28. The number of benzene rings is 1. The van der Waals surface area contributed by atoms with E-state index >= 15 is 0 Å². The molecule has 0 saturated carbocycles. The van der Waals surface area contributed by atoms with Crippen LogP contribution in [0, 0.1) is 0 Å². The number of ether oxygens (including phenoxy) is 2. The summed E-state index contributed by atoms with van der Waals surface area (Å²) in [5.74, 6) is 0.811. The molecule has 1 heterocycles. The molecule has 1 aliphatic heterocycles. The molecule has 21 heavy (non-hydrogen) atoms. The van der Waals surface area contributed by atoms with Gasteiger partial charge in [-0.05, 0) is 37.2 Å². The Kier molecular flexibility index (Phi) is 7.50. The predicted molar refractivity (Wildman–Crippen MR) is 84.4 cm³/mol. The number of amides is 1. The summed E-state index contributed by atoms with van der Waals surface area (Å²) >= 11 is 0.